The molecule has 0 aromatic rings. The van der Waals surface area contributed by atoms with Crippen molar-refractivity contribution in [2.24, 2.45) is 5.73 Å². The number of carbonyl (C=O) groups excluding carboxylic acids is 1. The Morgan fingerprint density at radius 3 is 2.47 bits per heavy atom. The number of piperidine rings is 1. The van der Waals surface area contributed by atoms with Crippen molar-refractivity contribution < 1.29 is 17.9 Å². The van der Waals surface area contributed by atoms with Gasteiger partial charge < -0.3 is 15.4 Å². The summed E-state index contributed by atoms with van der Waals surface area (Å²) in [7, 11) is -1.83. The van der Waals surface area contributed by atoms with E-state index in [0.29, 0.717) is 25.9 Å². The number of nitrogens with zero attached hydrogens (tertiary/aromatic N) is 1. The third-order valence-electron chi connectivity index (χ3n) is 3.98. The molecule has 1 aliphatic rings. The normalized spacial score (nSPS) is 25.4. The van der Waals surface area contributed by atoms with E-state index in [-0.39, 0.29) is 18.1 Å². The van der Waals surface area contributed by atoms with Gasteiger partial charge in [0.1, 0.15) is 4.75 Å². The van der Waals surface area contributed by atoms with E-state index in [2.05, 4.69) is 0 Å². The van der Waals surface area contributed by atoms with Gasteiger partial charge in [0, 0.05) is 32.5 Å². The predicted molar refractivity (Wildman–Crippen MR) is 73.5 cm³/mol. The van der Waals surface area contributed by atoms with E-state index in [1.807, 2.05) is 0 Å². The molecule has 19 heavy (non-hydrogen) atoms. The van der Waals surface area contributed by atoms with Gasteiger partial charge in [0.25, 0.3) is 0 Å². The highest BCUT2D eigenvalue weighted by molar-refractivity contribution is 7.92. The van der Waals surface area contributed by atoms with E-state index in [1.165, 1.54) is 13.8 Å². The fourth-order valence-electron chi connectivity index (χ4n) is 2.22. The Morgan fingerprint density at radius 1 is 1.47 bits per heavy atom. The molecule has 1 heterocycles. The van der Waals surface area contributed by atoms with Crippen molar-refractivity contribution in [3.8, 4) is 0 Å². The van der Waals surface area contributed by atoms with Gasteiger partial charge in [0.05, 0.1) is 6.10 Å². The van der Waals surface area contributed by atoms with Crippen LogP contribution in [0.15, 0.2) is 0 Å². The molecule has 0 saturated carbocycles. The van der Waals surface area contributed by atoms with Gasteiger partial charge in [0.2, 0.25) is 5.91 Å². The van der Waals surface area contributed by atoms with Crippen LogP contribution in [0.2, 0.25) is 0 Å². The molecule has 7 heteroatoms. The largest absolute Gasteiger partial charge is 0.381 e. The van der Waals surface area contributed by atoms with Crippen molar-refractivity contribution in [1.29, 1.82) is 0 Å². The SMILES string of the molecule is COC1CCN(C(=O)C(C)(C)S(C)(=O)=O)C(CN)C1. The van der Waals surface area contributed by atoms with Gasteiger partial charge in [-0.2, -0.15) is 0 Å². The fourth-order valence-corrected chi connectivity index (χ4v) is 2.66. The number of likely N-dealkylation sites (tertiary alicyclic amines) is 1. The van der Waals surface area contributed by atoms with Crippen molar-refractivity contribution in [1.82, 2.24) is 4.90 Å². The van der Waals surface area contributed by atoms with Crippen molar-refractivity contribution >= 4 is 15.7 Å². The Bertz CT molecular complexity index is 433. The number of nitrogens with two attached hydrogens (primary N) is 1. The van der Waals surface area contributed by atoms with Gasteiger partial charge in [0.15, 0.2) is 9.84 Å². The summed E-state index contributed by atoms with van der Waals surface area (Å²) in [6.45, 7) is 3.69. The van der Waals surface area contributed by atoms with Crippen LogP contribution in [0.3, 0.4) is 0 Å². The molecule has 1 fully saturated rings. The molecular formula is C12H24N2O4S. The molecule has 1 aliphatic heterocycles. The Labute approximate surface area is 115 Å². The van der Waals surface area contributed by atoms with Crippen LogP contribution in [-0.4, -0.2) is 62.6 Å². The Balaban J connectivity index is 2.93. The van der Waals surface area contributed by atoms with E-state index in [1.54, 1.807) is 12.0 Å². The summed E-state index contributed by atoms with van der Waals surface area (Å²) in [6, 6.07) is -0.160. The summed E-state index contributed by atoms with van der Waals surface area (Å²) < 4.78 is 27.4. The molecule has 0 aromatic carbocycles. The highest BCUT2D eigenvalue weighted by Crippen LogP contribution is 2.25. The quantitative estimate of drug-likeness (QED) is 0.773. The van der Waals surface area contributed by atoms with E-state index in [4.69, 9.17) is 10.5 Å². The molecule has 6 nitrogen and oxygen atoms in total. The number of rotatable bonds is 4. The van der Waals surface area contributed by atoms with Crippen molar-refractivity contribution in [3.05, 3.63) is 0 Å². The van der Waals surface area contributed by atoms with Gasteiger partial charge in [-0.25, -0.2) is 8.42 Å². The van der Waals surface area contributed by atoms with Crippen LogP contribution in [0.1, 0.15) is 26.7 Å². The molecule has 112 valence electrons. The Morgan fingerprint density at radius 2 is 2.05 bits per heavy atom. The van der Waals surface area contributed by atoms with Crippen LogP contribution < -0.4 is 5.73 Å². The van der Waals surface area contributed by atoms with Gasteiger partial charge in [-0.1, -0.05) is 0 Å². The average Bonchev–Trinajstić information content (AvgIpc) is 2.35. The average molecular weight is 292 g/mol. The van der Waals surface area contributed by atoms with E-state index >= 15 is 0 Å². The zero-order chi connectivity index (χ0) is 14.8. The molecule has 1 saturated heterocycles. The first-order valence-electron chi connectivity index (χ1n) is 6.38. The summed E-state index contributed by atoms with van der Waals surface area (Å²) in [5.74, 6) is -0.375. The first-order valence-corrected chi connectivity index (χ1v) is 8.27. The lowest BCUT2D eigenvalue weighted by molar-refractivity contribution is -0.138. The van der Waals surface area contributed by atoms with Crippen LogP contribution in [0, 0.1) is 0 Å². The number of hydrogen-bond acceptors (Lipinski definition) is 5. The molecule has 2 unspecified atom stereocenters. The molecule has 0 radical (unpaired) electrons. The van der Waals surface area contributed by atoms with Gasteiger partial charge in [-0.05, 0) is 26.7 Å². The molecule has 0 spiro atoms. The monoisotopic (exact) mass is 292 g/mol. The molecule has 0 bridgehead atoms. The van der Waals surface area contributed by atoms with Crippen molar-refractivity contribution in [2.75, 3.05) is 26.5 Å². The summed E-state index contributed by atoms with van der Waals surface area (Å²) in [5, 5.41) is 0. The molecule has 0 aliphatic carbocycles. The second-order valence-corrected chi connectivity index (χ2v) is 8.12. The summed E-state index contributed by atoms with van der Waals surface area (Å²) in [5.41, 5.74) is 5.70. The third kappa shape index (κ3) is 3.27. The minimum atomic E-state index is -3.46. The van der Waals surface area contributed by atoms with E-state index in [0.717, 1.165) is 6.26 Å². The van der Waals surface area contributed by atoms with Gasteiger partial charge in [-0.15, -0.1) is 0 Å². The lowest BCUT2D eigenvalue weighted by Crippen LogP contribution is -2.58. The van der Waals surface area contributed by atoms with Crippen LogP contribution in [0.25, 0.3) is 0 Å². The molecule has 2 atom stereocenters. The first kappa shape index (κ1) is 16.4. The summed E-state index contributed by atoms with van der Waals surface area (Å²) in [6.07, 6.45) is 2.53. The topological polar surface area (TPSA) is 89.7 Å². The van der Waals surface area contributed by atoms with Crippen molar-refractivity contribution in [3.63, 3.8) is 0 Å². The first-order chi connectivity index (χ1) is 8.65. The van der Waals surface area contributed by atoms with Crippen molar-refractivity contribution in [2.45, 2.75) is 43.6 Å². The highest BCUT2D eigenvalue weighted by atomic mass is 32.2. The van der Waals surface area contributed by atoms with E-state index in [9.17, 15) is 13.2 Å². The number of sulfone groups is 1. The number of carbonyl (C=O) groups is 1. The maximum atomic E-state index is 12.5. The van der Waals surface area contributed by atoms with Crippen LogP contribution in [0.4, 0.5) is 0 Å². The predicted octanol–water partition coefficient (Wildman–Crippen LogP) is -0.226. The Kier molecular flexibility index (Phi) is 4.97. The minimum absolute atomic E-state index is 0.0824. The highest BCUT2D eigenvalue weighted by Gasteiger charge is 2.44. The molecule has 2 N–H and O–H groups in total. The maximum absolute atomic E-state index is 12.5. The number of methoxy groups -OCH3 is 1. The third-order valence-corrected chi connectivity index (χ3v) is 6.00. The number of ether oxygens (including phenoxy) is 1. The lowest BCUT2D eigenvalue weighted by Gasteiger charge is -2.41. The molecule has 1 amide bonds. The second kappa shape index (κ2) is 5.76. The van der Waals surface area contributed by atoms with Gasteiger partial charge in [-0.3, -0.25) is 4.79 Å². The van der Waals surface area contributed by atoms with E-state index < -0.39 is 14.6 Å². The standard InChI is InChI=1S/C12H24N2O4S/c1-12(2,19(4,16)17)11(15)14-6-5-10(18-3)7-9(14)8-13/h9-10H,5-8,13H2,1-4H3. The molecular weight excluding hydrogens is 268 g/mol. The lowest BCUT2D eigenvalue weighted by atomic mass is 9.97. The minimum Gasteiger partial charge on any atom is -0.381 e. The van der Waals surface area contributed by atoms with Crippen LogP contribution >= 0.6 is 0 Å². The van der Waals surface area contributed by atoms with Gasteiger partial charge >= 0.3 is 0 Å². The summed E-state index contributed by atoms with van der Waals surface area (Å²) in [4.78, 5) is 14.1. The smallest absolute Gasteiger partial charge is 0.243 e. The second-order valence-electron chi connectivity index (χ2n) is 5.55. The number of amides is 1. The zero-order valence-corrected chi connectivity index (χ0v) is 12.9. The molecule has 1 rings (SSSR count). The Hall–Kier alpha value is -0.660. The number of hydrogen-bond donors (Lipinski definition) is 1. The molecule has 0 aromatic heterocycles. The van der Waals surface area contributed by atoms with Crippen LogP contribution in [-0.2, 0) is 19.4 Å². The maximum Gasteiger partial charge on any atom is 0.243 e. The van der Waals surface area contributed by atoms with Crippen LogP contribution in [0.5, 0.6) is 0 Å². The fraction of sp³-hybridized carbons (Fsp3) is 0.917. The summed E-state index contributed by atoms with van der Waals surface area (Å²) >= 11 is 0. The zero-order valence-electron chi connectivity index (χ0n) is 12.0.